The molecular formula is C13H12BrN5. The molecule has 0 aliphatic heterocycles. The molecule has 0 atom stereocenters. The standard InChI is InChI=1S/C13H12BrN5/c1-7-5-9(14)3-4-11(7)19-13-10(6-16-19)12(15)17-8(2)18-13/h3-6H,1-2H3,(H2,15,17,18). The average Bonchev–Trinajstić information content (AvgIpc) is 2.73. The van der Waals surface area contributed by atoms with Crippen molar-refractivity contribution in [3.05, 3.63) is 40.3 Å². The Morgan fingerprint density at radius 3 is 2.74 bits per heavy atom. The molecule has 2 heterocycles. The van der Waals surface area contributed by atoms with Gasteiger partial charge in [0, 0.05) is 4.47 Å². The third-order valence-electron chi connectivity index (χ3n) is 2.96. The fourth-order valence-electron chi connectivity index (χ4n) is 2.08. The lowest BCUT2D eigenvalue weighted by atomic mass is 10.2. The van der Waals surface area contributed by atoms with Crippen molar-refractivity contribution in [2.24, 2.45) is 0 Å². The van der Waals surface area contributed by atoms with Crippen LogP contribution in [0.2, 0.25) is 0 Å². The van der Waals surface area contributed by atoms with Crippen LogP contribution in [0.5, 0.6) is 0 Å². The number of fused-ring (bicyclic) bond motifs is 1. The lowest BCUT2D eigenvalue weighted by Gasteiger charge is -2.07. The molecule has 3 rings (SSSR count). The molecule has 96 valence electrons. The molecule has 2 N–H and O–H groups in total. The summed E-state index contributed by atoms with van der Waals surface area (Å²) in [5.41, 5.74) is 8.72. The minimum absolute atomic E-state index is 0.462. The highest BCUT2D eigenvalue weighted by atomic mass is 79.9. The highest BCUT2D eigenvalue weighted by Gasteiger charge is 2.12. The Bertz CT molecular complexity index is 778. The number of benzene rings is 1. The summed E-state index contributed by atoms with van der Waals surface area (Å²) in [5, 5.41) is 5.15. The minimum atomic E-state index is 0.462. The number of nitrogen functional groups attached to an aromatic ring is 1. The maximum Gasteiger partial charge on any atom is 0.168 e. The zero-order valence-electron chi connectivity index (χ0n) is 10.6. The minimum Gasteiger partial charge on any atom is -0.383 e. The molecule has 0 spiro atoms. The fraction of sp³-hybridized carbons (Fsp3) is 0.154. The van der Waals surface area contributed by atoms with Gasteiger partial charge in [-0.25, -0.2) is 14.6 Å². The normalized spacial score (nSPS) is 11.1. The summed E-state index contributed by atoms with van der Waals surface area (Å²) in [6.45, 7) is 3.85. The van der Waals surface area contributed by atoms with Crippen molar-refractivity contribution in [2.75, 3.05) is 5.73 Å². The predicted molar refractivity (Wildman–Crippen MR) is 78.2 cm³/mol. The van der Waals surface area contributed by atoms with Crippen molar-refractivity contribution in [3.8, 4) is 5.69 Å². The van der Waals surface area contributed by atoms with Crippen LogP contribution in [0.25, 0.3) is 16.7 Å². The summed E-state index contributed by atoms with van der Waals surface area (Å²) in [7, 11) is 0. The van der Waals surface area contributed by atoms with Gasteiger partial charge in [-0.3, -0.25) is 0 Å². The molecule has 0 aliphatic rings. The molecule has 0 bridgehead atoms. The van der Waals surface area contributed by atoms with E-state index in [2.05, 4.69) is 31.0 Å². The van der Waals surface area contributed by atoms with Gasteiger partial charge < -0.3 is 5.73 Å². The first-order chi connectivity index (χ1) is 9.06. The van der Waals surface area contributed by atoms with Crippen molar-refractivity contribution in [1.29, 1.82) is 0 Å². The van der Waals surface area contributed by atoms with Gasteiger partial charge in [0.25, 0.3) is 0 Å². The first-order valence-corrected chi connectivity index (χ1v) is 6.60. The molecule has 0 unspecified atom stereocenters. The summed E-state index contributed by atoms with van der Waals surface area (Å²) in [5.74, 6) is 1.10. The summed E-state index contributed by atoms with van der Waals surface area (Å²) >= 11 is 3.46. The first kappa shape index (κ1) is 12.1. The second-order valence-corrected chi connectivity index (χ2v) is 5.30. The van der Waals surface area contributed by atoms with E-state index >= 15 is 0 Å². The average molecular weight is 318 g/mol. The SMILES string of the molecule is Cc1nc(N)c2cnn(-c3ccc(Br)cc3C)c2n1. The lowest BCUT2D eigenvalue weighted by Crippen LogP contribution is -2.02. The maximum absolute atomic E-state index is 5.90. The predicted octanol–water partition coefficient (Wildman–Crippen LogP) is 2.78. The number of anilines is 1. The molecule has 0 fully saturated rings. The molecule has 19 heavy (non-hydrogen) atoms. The molecule has 0 amide bonds. The van der Waals surface area contributed by atoms with Crippen molar-refractivity contribution < 1.29 is 0 Å². The number of hydrogen-bond acceptors (Lipinski definition) is 4. The molecule has 0 saturated carbocycles. The van der Waals surface area contributed by atoms with Gasteiger partial charge in [-0.15, -0.1) is 0 Å². The van der Waals surface area contributed by atoms with E-state index in [0.29, 0.717) is 11.6 Å². The van der Waals surface area contributed by atoms with Crippen LogP contribution in [0.15, 0.2) is 28.9 Å². The molecule has 0 radical (unpaired) electrons. The Hall–Kier alpha value is -1.95. The molecule has 0 saturated heterocycles. The Morgan fingerprint density at radius 2 is 2.00 bits per heavy atom. The number of nitrogens with two attached hydrogens (primary N) is 1. The second-order valence-electron chi connectivity index (χ2n) is 4.38. The van der Waals surface area contributed by atoms with Gasteiger partial charge >= 0.3 is 0 Å². The fourth-order valence-corrected chi connectivity index (χ4v) is 2.55. The van der Waals surface area contributed by atoms with Crippen LogP contribution >= 0.6 is 15.9 Å². The zero-order chi connectivity index (χ0) is 13.6. The first-order valence-electron chi connectivity index (χ1n) is 5.80. The summed E-state index contributed by atoms with van der Waals surface area (Å²) in [6, 6.07) is 6.02. The van der Waals surface area contributed by atoms with E-state index < -0.39 is 0 Å². The van der Waals surface area contributed by atoms with Crippen LogP contribution in [0.1, 0.15) is 11.4 Å². The Balaban J connectivity index is 2.31. The van der Waals surface area contributed by atoms with Crippen LogP contribution < -0.4 is 5.73 Å². The van der Waals surface area contributed by atoms with E-state index in [1.807, 2.05) is 32.0 Å². The van der Waals surface area contributed by atoms with Crippen molar-refractivity contribution in [2.45, 2.75) is 13.8 Å². The topological polar surface area (TPSA) is 69.6 Å². The van der Waals surface area contributed by atoms with Crippen LogP contribution in [0.4, 0.5) is 5.82 Å². The van der Waals surface area contributed by atoms with E-state index in [1.165, 1.54) is 0 Å². The second kappa shape index (κ2) is 4.31. The summed E-state index contributed by atoms with van der Waals surface area (Å²) in [4.78, 5) is 8.59. The van der Waals surface area contributed by atoms with Gasteiger partial charge in [0.1, 0.15) is 11.6 Å². The van der Waals surface area contributed by atoms with E-state index in [4.69, 9.17) is 5.73 Å². The van der Waals surface area contributed by atoms with Gasteiger partial charge in [-0.2, -0.15) is 5.10 Å². The zero-order valence-corrected chi connectivity index (χ0v) is 12.1. The largest absolute Gasteiger partial charge is 0.383 e. The van der Waals surface area contributed by atoms with Crippen LogP contribution in [-0.4, -0.2) is 19.7 Å². The molecule has 2 aromatic heterocycles. The number of aromatic nitrogens is 4. The maximum atomic E-state index is 5.90. The van der Waals surface area contributed by atoms with Gasteiger partial charge in [0.15, 0.2) is 5.65 Å². The number of rotatable bonds is 1. The van der Waals surface area contributed by atoms with E-state index in [0.717, 1.165) is 26.8 Å². The van der Waals surface area contributed by atoms with Crippen molar-refractivity contribution in [3.63, 3.8) is 0 Å². The Labute approximate surface area is 118 Å². The smallest absolute Gasteiger partial charge is 0.168 e. The number of aryl methyl sites for hydroxylation is 2. The lowest BCUT2D eigenvalue weighted by molar-refractivity contribution is 0.882. The number of hydrogen-bond donors (Lipinski definition) is 1. The molecule has 0 aliphatic carbocycles. The highest BCUT2D eigenvalue weighted by molar-refractivity contribution is 9.10. The van der Waals surface area contributed by atoms with Gasteiger partial charge in [0.2, 0.25) is 0 Å². The van der Waals surface area contributed by atoms with Crippen molar-refractivity contribution in [1.82, 2.24) is 19.7 Å². The summed E-state index contributed by atoms with van der Waals surface area (Å²) in [6.07, 6.45) is 1.70. The van der Waals surface area contributed by atoms with Crippen LogP contribution in [-0.2, 0) is 0 Å². The third kappa shape index (κ3) is 1.98. The Kier molecular flexibility index (Phi) is 2.74. The van der Waals surface area contributed by atoms with E-state index in [9.17, 15) is 0 Å². The van der Waals surface area contributed by atoms with Gasteiger partial charge in [-0.05, 0) is 37.6 Å². The van der Waals surface area contributed by atoms with Gasteiger partial charge in [-0.1, -0.05) is 15.9 Å². The quantitative estimate of drug-likeness (QED) is 0.749. The van der Waals surface area contributed by atoms with Crippen LogP contribution in [0, 0.1) is 13.8 Å². The molecule has 6 heteroatoms. The highest BCUT2D eigenvalue weighted by Crippen LogP contribution is 2.24. The number of halogens is 1. The van der Waals surface area contributed by atoms with E-state index in [1.54, 1.807) is 10.9 Å². The molecular weight excluding hydrogens is 306 g/mol. The third-order valence-corrected chi connectivity index (χ3v) is 3.45. The van der Waals surface area contributed by atoms with Gasteiger partial charge in [0.05, 0.1) is 17.3 Å². The van der Waals surface area contributed by atoms with Crippen molar-refractivity contribution >= 4 is 32.8 Å². The number of nitrogens with zero attached hydrogens (tertiary/aromatic N) is 4. The molecule has 1 aromatic carbocycles. The van der Waals surface area contributed by atoms with E-state index in [-0.39, 0.29) is 0 Å². The molecule has 3 aromatic rings. The summed E-state index contributed by atoms with van der Waals surface area (Å²) < 4.78 is 2.83. The van der Waals surface area contributed by atoms with Crippen LogP contribution in [0.3, 0.4) is 0 Å². The molecule has 5 nitrogen and oxygen atoms in total. The monoisotopic (exact) mass is 317 g/mol. The Morgan fingerprint density at radius 1 is 1.21 bits per heavy atom.